The van der Waals surface area contributed by atoms with Crippen LogP contribution in [0.1, 0.15) is 31.5 Å². The van der Waals surface area contributed by atoms with Crippen molar-refractivity contribution in [1.29, 1.82) is 0 Å². The molecular formula is C11H15N3O2. The van der Waals surface area contributed by atoms with E-state index < -0.39 is 0 Å². The van der Waals surface area contributed by atoms with E-state index in [9.17, 15) is 9.59 Å². The first-order valence-electron chi connectivity index (χ1n) is 5.59. The number of hydrogen-bond donors (Lipinski definition) is 1. The molecule has 0 aromatic carbocycles. The van der Waals surface area contributed by atoms with Gasteiger partial charge in [-0.25, -0.2) is 4.98 Å². The van der Waals surface area contributed by atoms with Gasteiger partial charge >= 0.3 is 0 Å². The summed E-state index contributed by atoms with van der Waals surface area (Å²) in [6.45, 7) is 0.512. The van der Waals surface area contributed by atoms with Crippen LogP contribution in [0.15, 0.2) is 12.4 Å². The number of aromatic nitrogens is 2. The predicted octanol–water partition coefficient (Wildman–Crippen LogP) is 0.881. The molecule has 1 N–H and O–H groups in total. The Hall–Kier alpha value is -1.65. The van der Waals surface area contributed by atoms with Gasteiger partial charge in [0, 0.05) is 38.2 Å². The Kier molecular flexibility index (Phi) is 3.34. The molecule has 1 aromatic rings. The van der Waals surface area contributed by atoms with E-state index in [2.05, 4.69) is 9.97 Å². The first-order valence-corrected chi connectivity index (χ1v) is 5.59. The number of piperidine rings is 1. The van der Waals surface area contributed by atoms with Gasteiger partial charge in [0.25, 0.3) is 0 Å². The first-order chi connectivity index (χ1) is 7.77. The molecule has 2 heterocycles. The standard InChI is InChI=1S/C11H15N3O2/c15-10-4-1-5-11(16)14(10)8-2-3-9-12-6-7-13-9/h6-7H,1-5,8H2,(H,12,13). The quantitative estimate of drug-likeness (QED) is 0.767. The maximum Gasteiger partial charge on any atom is 0.229 e. The first kappa shape index (κ1) is 10.9. The topological polar surface area (TPSA) is 66.1 Å². The van der Waals surface area contributed by atoms with Crippen LogP contribution < -0.4 is 0 Å². The fourth-order valence-corrected chi connectivity index (χ4v) is 1.89. The third-order valence-corrected chi connectivity index (χ3v) is 2.73. The molecule has 1 aliphatic rings. The van der Waals surface area contributed by atoms with Gasteiger partial charge in [-0.05, 0) is 12.8 Å². The number of H-pyrrole nitrogens is 1. The number of aromatic amines is 1. The largest absolute Gasteiger partial charge is 0.349 e. The minimum Gasteiger partial charge on any atom is -0.349 e. The lowest BCUT2D eigenvalue weighted by Gasteiger charge is -2.24. The number of carbonyl (C=O) groups excluding carboxylic acids is 2. The summed E-state index contributed by atoms with van der Waals surface area (Å²) in [5.41, 5.74) is 0. The molecule has 0 bridgehead atoms. The Balaban J connectivity index is 1.80. The second-order valence-electron chi connectivity index (χ2n) is 3.93. The van der Waals surface area contributed by atoms with Crippen molar-refractivity contribution in [3.05, 3.63) is 18.2 Å². The van der Waals surface area contributed by atoms with Crippen molar-refractivity contribution in [2.75, 3.05) is 6.54 Å². The molecule has 1 fully saturated rings. The number of imide groups is 1. The number of imidazole rings is 1. The number of rotatable bonds is 4. The highest BCUT2D eigenvalue weighted by Gasteiger charge is 2.24. The molecule has 1 aliphatic heterocycles. The zero-order chi connectivity index (χ0) is 11.4. The molecule has 2 rings (SSSR count). The minimum atomic E-state index is -0.0318. The molecule has 0 unspecified atom stereocenters. The smallest absolute Gasteiger partial charge is 0.229 e. The van der Waals surface area contributed by atoms with Crippen molar-refractivity contribution in [1.82, 2.24) is 14.9 Å². The summed E-state index contributed by atoms with van der Waals surface area (Å²) in [6, 6.07) is 0. The zero-order valence-corrected chi connectivity index (χ0v) is 9.11. The number of hydrogen-bond acceptors (Lipinski definition) is 3. The molecule has 1 aromatic heterocycles. The highest BCUT2D eigenvalue weighted by atomic mass is 16.2. The van der Waals surface area contributed by atoms with Gasteiger partial charge in [0.2, 0.25) is 11.8 Å². The summed E-state index contributed by atoms with van der Waals surface area (Å²) in [5.74, 6) is 0.836. The maximum absolute atomic E-state index is 11.5. The van der Waals surface area contributed by atoms with Crippen LogP contribution in [0.25, 0.3) is 0 Å². The van der Waals surface area contributed by atoms with Crippen LogP contribution >= 0.6 is 0 Å². The van der Waals surface area contributed by atoms with Crippen molar-refractivity contribution in [3.63, 3.8) is 0 Å². The van der Waals surface area contributed by atoms with E-state index in [-0.39, 0.29) is 11.8 Å². The van der Waals surface area contributed by atoms with Gasteiger partial charge in [-0.2, -0.15) is 0 Å². The third kappa shape index (κ3) is 2.48. The highest BCUT2D eigenvalue weighted by molar-refractivity contribution is 5.97. The van der Waals surface area contributed by atoms with Crippen LogP contribution in [-0.2, 0) is 16.0 Å². The van der Waals surface area contributed by atoms with Crippen LogP contribution in [0, 0.1) is 0 Å². The normalized spacial score (nSPS) is 16.9. The summed E-state index contributed by atoms with van der Waals surface area (Å²) >= 11 is 0. The van der Waals surface area contributed by atoms with Crippen LogP contribution in [-0.4, -0.2) is 33.2 Å². The lowest BCUT2D eigenvalue weighted by molar-refractivity contribution is -0.147. The number of nitrogens with one attached hydrogen (secondary N) is 1. The summed E-state index contributed by atoms with van der Waals surface area (Å²) < 4.78 is 0. The van der Waals surface area contributed by atoms with Gasteiger partial charge < -0.3 is 4.98 Å². The second-order valence-corrected chi connectivity index (χ2v) is 3.93. The predicted molar refractivity (Wildman–Crippen MR) is 57.5 cm³/mol. The van der Waals surface area contributed by atoms with Crippen LogP contribution in [0.3, 0.4) is 0 Å². The molecule has 2 amide bonds. The van der Waals surface area contributed by atoms with Crippen molar-refractivity contribution < 1.29 is 9.59 Å². The van der Waals surface area contributed by atoms with Gasteiger partial charge in [0.1, 0.15) is 5.82 Å². The molecule has 16 heavy (non-hydrogen) atoms. The number of amides is 2. The van der Waals surface area contributed by atoms with Gasteiger partial charge in [0.15, 0.2) is 0 Å². The summed E-state index contributed by atoms with van der Waals surface area (Å²) in [5, 5.41) is 0. The summed E-state index contributed by atoms with van der Waals surface area (Å²) in [6.07, 6.45) is 6.72. The Morgan fingerprint density at radius 1 is 1.31 bits per heavy atom. The average molecular weight is 221 g/mol. The van der Waals surface area contributed by atoms with E-state index in [0.717, 1.165) is 18.7 Å². The lowest BCUT2D eigenvalue weighted by atomic mass is 10.1. The second kappa shape index (κ2) is 4.92. The van der Waals surface area contributed by atoms with Gasteiger partial charge in [-0.3, -0.25) is 14.5 Å². The van der Waals surface area contributed by atoms with Gasteiger partial charge in [0.05, 0.1) is 0 Å². The molecule has 5 heteroatoms. The molecule has 0 saturated carbocycles. The maximum atomic E-state index is 11.5. The fourth-order valence-electron chi connectivity index (χ4n) is 1.89. The molecule has 1 saturated heterocycles. The Bertz CT molecular complexity index is 357. The number of likely N-dealkylation sites (tertiary alicyclic amines) is 1. The summed E-state index contributed by atoms with van der Waals surface area (Å²) in [7, 11) is 0. The molecule has 0 radical (unpaired) electrons. The van der Waals surface area contributed by atoms with Crippen LogP contribution in [0.4, 0.5) is 0 Å². The van der Waals surface area contributed by atoms with E-state index in [1.165, 1.54) is 4.90 Å². The van der Waals surface area contributed by atoms with E-state index in [0.29, 0.717) is 25.8 Å². The van der Waals surface area contributed by atoms with E-state index in [1.807, 2.05) is 0 Å². The SMILES string of the molecule is O=C1CCCC(=O)N1CCCc1ncc[nH]1. The van der Waals surface area contributed by atoms with Gasteiger partial charge in [-0.15, -0.1) is 0 Å². The number of carbonyl (C=O) groups is 2. The molecule has 86 valence electrons. The Labute approximate surface area is 93.9 Å². The van der Waals surface area contributed by atoms with Crippen LogP contribution in [0.5, 0.6) is 0 Å². The highest BCUT2D eigenvalue weighted by Crippen LogP contribution is 2.12. The van der Waals surface area contributed by atoms with E-state index in [1.54, 1.807) is 12.4 Å². The molecule has 0 atom stereocenters. The molecule has 0 aliphatic carbocycles. The Morgan fingerprint density at radius 3 is 2.69 bits per heavy atom. The Morgan fingerprint density at radius 2 is 2.06 bits per heavy atom. The molecule has 0 spiro atoms. The van der Waals surface area contributed by atoms with Crippen LogP contribution in [0.2, 0.25) is 0 Å². The minimum absolute atomic E-state index is 0.0318. The third-order valence-electron chi connectivity index (χ3n) is 2.73. The molecular weight excluding hydrogens is 206 g/mol. The van der Waals surface area contributed by atoms with E-state index in [4.69, 9.17) is 0 Å². The van der Waals surface area contributed by atoms with Crippen molar-refractivity contribution in [2.24, 2.45) is 0 Å². The number of nitrogens with zero attached hydrogens (tertiary/aromatic N) is 2. The lowest BCUT2D eigenvalue weighted by Crippen LogP contribution is -2.40. The van der Waals surface area contributed by atoms with Crippen molar-refractivity contribution in [3.8, 4) is 0 Å². The fraction of sp³-hybridized carbons (Fsp3) is 0.545. The van der Waals surface area contributed by atoms with E-state index >= 15 is 0 Å². The monoisotopic (exact) mass is 221 g/mol. The van der Waals surface area contributed by atoms with Gasteiger partial charge in [-0.1, -0.05) is 0 Å². The van der Waals surface area contributed by atoms with Crippen molar-refractivity contribution in [2.45, 2.75) is 32.1 Å². The average Bonchev–Trinajstić information content (AvgIpc) is 2.75. The summed E-state index contributed by atoms with van der Waals surface area (Å²) in [4.78, 5) is 31.4. The molecule has 5 nitrogen and oxygen atoms in total. The van der Waals surface area contributed by atoms with Crippen molar-refractivity contribution >= 4 is 11.8 Å². The zero-order valence-electron chi connectivity index (χ0n) is 9.11. The number of aryl methyl sites for hydroxylation is 1.